The normalized spacial score (nSPS) is 17.8. The number of rotatable bonds is 2. The number of fused-ring (bicyclic) bond motifs is 2. The van der Waals surface area contributed by atoms with Crippen molar-refractivity contribution < 1.29 is 4.79 Å². The van der Waals surface area contributed by atoms with Gasteiger partial charge >= 0.3 is 0 Å². The molecule has 0 saturated carbocycles. The van der Waals surface area contributed by atoms with Crippen molar-refractivity contribution in [3.05, 3.63) is 50.7 Å². The Hall–Kier alpha value is -1.13. The highest BCUT2D eigenvalue weighted by molar-refractivity contribution is 9.09. The molecule has 1 aromatic heterocycles. The Morgan fingerprint density at radius 2 is 2.10 bits per heavy atom. The van der Waals surface area contributed by atoms with Crippen LogP contribution < -0.4 is 5.32 Å². The van der Waals surface area contributed by atoms with Crippen LogP contribution in [-0.2, 0) is 24.1 Å². The van der Waals surface area contributed by atoms with Crippen LogP contribution in [-0.4, -0.2) is 5.91 Å². The first-order chi connectivity index (χ1) is 9.70. The zero-order valence-corrected chi connectivity index (χ0v) is 13.3. The predicted molar refractivity (Wildman–Crippen MR) is 85.9 cm³/mol. The summed E-state index contributed by atoms with van der Waals surface area (Å²) in [6.07, 6.45) is 4.28. The number of benzene rings is 1. The van der Waals surface area contributed by atoms with E-state index < -0.39 is 0 Å². The summed E-state index contributed by atoms with van der Waals surface area (Å²) in [6.45, 7) is 0. The summed E-state index contributed by atoms with van der Waals surface area (Å²) in [5.74, 6) is 0.0957. The molecule has 1 amide bonds. The molecule has 0 spiro atoms. The molecule has 2 aromatic rings. The Morgan fingerprint density at radius 1 is 1.20 bits per heavy atom. The zero-order valence-electron chi connectivity index (χ0n) is 10.9. The summed E-state index contributed by atoms with van der Waals surface area (Å²) < 4.78 is 0. The van der Waals surface area contributed by atoms with Gasteiger partial charge < -0.3 is 5.32 Å². The van der Waals surface area contributed by atoms with Gasteiger partial charge in [0, 0.05) is 15.4 Å². The van der Waals surface area contributed by atoms with Gasteiger partial charge in [0.1, 0.15) is 0 Å². The summed E-state index contributed by atoms with van der Waals surface area (Å²) in [7, 11) is 0. The zero-order chi connectivity index (χ0) is 13.7. The molecule has 0 radical (unpaired) electrons. The summed E-state index contributed by atoms with van der Waals surface area (Å²) in [4.78, 5) is 14.6. The molecule has 1 aliphatic heterocycles. The molecule has 4 rings (SSSR count). The maximum Gasteiger partial charge on any atom is 0.228 e. The van der Waals surface area contributed by atoms with E-state index in [4.69, 9.17) is 0 Å². The van der Waals surface area contributed by atoms with Gasteiger partial charge in [0.25, 0.3) is 0 Å². The molecule has 0 bridgehead atoms. The second kappa shape index (κ2) is 4.71. The number of nitrogens with one attached hydrogen (secondary N) is 1. The number of aryl methyl sites for hydroxylation is 2. The molecule has 2 nitrogen and oxygen atoms in total. The van der Waals surface area contributed by atoms with Crippen molar-refractivity contribution in [1.82, 2.24) is 0 Å². The number of thiophene rings is 1. The first-order valence-electron chi connectivity index (χ1n) is 6.89. The van der Waals surface area contributed by atoms with Crippen LogP contribution in [0.25, 0.3) is 0 Å². The molecule has 4 heteroatoms. The van der Waals surface area contributed by atoms with Crippen LogP contribution in [0.5, 0.6) is 0 Å². The van der Waals surface area contributed by atoms with Gasteiger partial charge in [-0.25, -0.2) is 0 Å². The number of carbonyl (C=O) groups excluding carboxylic acids is 1. The summed E-state index contributed by atoms with van der Waals surface area (Å²) in [5, 5.41) is 2.88. The lowest BCUT2D eigenvalue weighted by molar-refractivity contribution is -0.115. The molecule has 0 fully saturated rings. The standard InChI is InChI=1S/C16H14BrNOS/c17-16(14-7-9-2-1-3-13(9)20-14)10-4-5-12-11(6-10)8-15(19)18-12/h4-7,16H,1-3,8H2,(H,18,19). The number of alkyl halides is 1. The first-order valence-corrected chi connectivity index (χ1v) is 8.62. The monoisotopic (exact) mass is 347 g/mol. The predicted octanol–water partition coefficient (Wildman–Crippen LogP) is 4.22. The molecule has 1 unspecified atom stereocenters. The van der Waals surface area contributed by atoms with Gasteiger partial charge in [-0.1, -0.05) is 28.1 Å². The summed E-state index contributed by atoms with van der Waals surface area (Å²) in [6, 6.07) is 8.63. The molecule has 1 aromatic carbocycles. The third-order valence-electron chi connectivity index (χ3n) is 4.06. The Bertz CT molecular complexity index is 685. The van der Waals surface area contributed by atoms with Crippen LogP contribution in [0.15, 0.2) is 24.3 Å². The highest BCUT2D eigenvalue weighted by Gasteiger charge is 2.22. The first kappa shape index (κ1) is 12.6. The van der Waals surface area contributed by atoms with Gasteiger partial charge in [0.2, 0.25) is 5.91 Å². The van der Waals surface area contributed by atoms with Crippen molar-refractivity contribution in [2.24, 2.45) is 0 Å². The summed E-state index contributed by atoms with van der Waals surface area (Å²) >= 11 is 5.75. The minimum Gasteiger partial charge on any atom is -0.326 e. The second-order valence-electron chi connectivity index (χ2n) is 5.45. The van der Waals surface area contributed by atoms with E-state index in [9.17, 15) is 4.79 Å². The van der Waals surface area contributed by atoms with E-state index in [0.717, 1.165) is 11.3 Å². The van der Waals surface area contributed by atoms with Gasteiger partial charge in [-0.05, 0) is 48.1 Å². The van der Waals surface area contributed by atoms with Gasteiger partial charge in [-0.15, -0.1) is 11.3 Å². The molecular weight excluding hydrogens is 334 g/mol. The van der Waals surface area contributed by atoms with E-state index in [1.54, 1.807) is 4.88 Å². The van der Waals surface area contributed by atoms with Gasteiger partial charge in [0.15, 0.2) is 0 Å². The molecule has 0 saturated heterocycles. The van der Waals surface area contributed by atoms with E-state index >= 15 is 0 Å². The maximum absolute atomic E-state index is 11.4. The van der Waals surface area contributed by atoms with E-state index in [2.05, 4.69) is 39.4 Å². The van der Waals surface area contributed by atoms with Crippen LogP contribution in [0, 0.1) is 0 Å². The smallest absolute Gasteiger partial charge is 0.228 e. The molecule has 2 heterocycles. The van der Waals surface area contributed by atoms with Crippen LogP contribution >= 0.6 is 27.3 Å². The van der Waals surface area contributed by atoms with Crippen molar-refractivity contribution in [3.8, 4) is 0 Å². The highest BCUT2D eigenvalue weighted by Crippen LogP contribution is 2.41. The topological polar surface area (TPSA) is 29.1 Å². The molecule has 1 aliphatic carbocycles. The van der Waals surface area contributed by atoms with Crippen molar-refractivity contribution in [2.75, 3.05) is 5.32 Å². The summed E-state index contributed by atoms with van der Waals surface area (Å²) in [5.41, 5.74) is 4.85. The lowest BCUT2D eigenvalue weighted by atomic mass is 10.0. The number of carbonyl (C=O) groups is 1. The minimum absolute atomic E-state index is 0.0957. The lowest BCUT2D eigenvalue weighted by Gasteiger charge is -2.10. The quantitative estimate of drug-likeness (QED) is 0.809. The van der Waals surface area contributed by atoms with Crippen molar-refractivity contribution >= 4 is 38.9 Å². The second-order valence-corrected chi connectivity index (χ2v) is 7.54. The van der Waals surface area contributed by atoms with Gasteiger partial charge in [-0.3, -0.25) is 4.79 Å². The fraction of sp³-hybridized carbons (Fsp3) is 0.312. The van der Waals surface area contributed by atoms with E-state index in [0.29, 0.717) is 6.42 Å². The molecule has 2 aliphatic rings. The largest absolute Gasteiger partial charge is 0.326 e. The van der Waals surface area contributed by atoms with Crippen molar-refractivity contribution in [1.29, 1.82) is 0 Å². The molecule has 20 heavy (non-hydrogen) atoms. The Morgan fingerprint density at radius 3 is 2.95 bits per heavy atom. The Balaban J connectivity index is 1.66. The number of hydrogen-bond acceptors (Lipinski definition) is 2. The van der Waals surface area contributed by atoms with Crippen LogP contribution in [0.1, 0.15) is 37.7 Å². The minimum atomic E-state index is 0.0957. The number of anilines is 1. The Kier molecular flexibility index (Phi) is 2.97. The van der Waals surface area contributed by atoms with Crippen LogP contribution in [0.3, 0.4) is 0 Å². The fourth-order valence-corrected chi connectivity index (χ4v) is 5.01. The molecular formula is C16H14BrNOS. The van der Waals surface area contributed by atoms with Gasteiger partial charge in [-0.2, -0.15) is 0 Å². The number of halogens is 1. The van der Waals surface area contributed by atoms with Crippen LogP contribution in [0.2, 0.25) is 0 Å². The average molecular weight is 348 g/mol. The van der Waals surface area contributed by atoms with E-state index in [-0.39, 0.29) is 10.7 Å². The fourth-order valence-electron chi connectivity index (χ4n) is 3.05. The SMILES string of the molecule is O=C1Cc2cc(C(Br)c3cc4c(s3)CCC4)ccc2N1. The average Bonchev–Trinajstić information content (AvgIpc) is 3.08. The third kappa shape index (κ3) is 2.02. The molecule has 1 N–H and O–H groups in total. The van der Waals surface area contributed by atoms with E-state index in [1.807, 2.05) is 17.4 Å². The highest BCUT2D eigenvalue weighted by atomic mass is 79.9. The molecule has 1 atom stereocenters. The number of amides is 1. The van der Waals surface area contributed by atoms with Crippen LogP contribution in [0.4, 0.5) is 5.69 Å². The Labute approximate surface area is 130 Å². The van der Waals surface area contributed by atoms with Gasteiger partial charge in [0.05, 0.1) is 11.2 Å². The third-order valence-corrected chi connectivity index (χ3v) is 6.69. The van der Waals surface area contributed by atoms with Crippen molar-refractivity contribution in [3.63, 3.8) is 0 Å². The lowest BCUT2D eigenvalue weighted by Crippen LogP contribution is -2.03. The maximum atomic E-state index is 11.4. The molecule has 102 valence electrons. The van der Waals surface area contributed by atoms with Crippen molar-refractivity contribution in [2.45, 2.75) is 30.5 Å². The number of hydrogen-bond donors (Lipinski definition) is 1. The van der Waals surface area contributed by atoms with E-state index in [1.165, 1.54) is 35.3 Å².